The van der Waals surface area contributed by atoms with Crippen LogP contribution in [0.1, 0.15) is 251 Å². The summed E-state index contributed by atoms with van der Waals surface area (Å²) in [5.74, 6) is -1.09. The lowest BCUT2D eigenvalue weighted by molar-refractivity contribution is -0.220. The van der Waals surface area contributed by atoms with Crippen LogP contribution in [0.5, 0.6) is 0 Å². The van der Waals surface area contributed by atoms with Crippen molar-refractivity contribution < 1.29 is 63.1 Å². The first-order chi connectivity index (χ1) is 32.9. The maximum atomic E-state index is 12.9. The molecule has 14 heteroatoms. The maximum absolute atomic E-state index is 12.9. The zero-order valence-corrected chi connectivity index (χ0v) is 43.8. The number of phosphoric acid groups is 1. The van der Waals surface area contributed by atoms with Crippen LogP contribution in [0.4, 0.5) is 0 Å². The van der Waals surface area contributed by atoms with Crippen molar-refractivity contribution in [1.29, 1.82) is 0 Å². The van der Waals surface area contributed by atoms with Crippen LogP contribution in [0.3, 0.4) is 0 Å². The minimum Gasteiger partial charge on any atom is -0.462 e. The van der Waals surface area contributed by atoms with E-state index in [0.29, 0.717) is 12.8 Å². The molecule has 6 unspecified atom stereocenters. The molecule has 0 aromatic rings. The smallest absolute Gasteiger partial charge is 0.462 e. The van der Waals surface area contributed by atoms with E-state index in [9.17, 15) is 44.6 Å². The van der Waals surface area contributed by atoms with Crippen LogP contribution in [0, 0.1) is 0 Å². The van der Waals surface area contributed by atoms with Crippen LogP contribution in [0.15, 0.2) is 24.3 Å². The molecule has 0 aliphatic heterocycles. The third-order valence-electron chi connectivity index (χ3n) is 13.0. The zero-order chi connectivity index (χ0) is 49.9. The summed E-state index contributed by atoms with van der Waals surface area (Å²) in [6.45, 7) is 3.32. The van der Waals surface area contributed by atoms with E-state index >= 15 is 0 Å². The van der Waals surface area contributed by atoms with Gasteiger partial charge in [0.1, 0.15) is 43.2 Å². The molecule has 13 nitrogen and oxygen atoms in total. The highest BCUT2D eigenvalue weighted by Crippen LogP contribution is 2.47. The van der Waals surface area contributed by atoms with E-state index in [0.717, 1.165) is 57.8 Å². The van der Waals surface area contributed by atoms with Gasteiger partial charge in [-0.05, 0) is 44.9 Å². The van der Waals surface area contributed by atoms with Crippen LogP contribution in [0.25, 0.3) is 0 Å². The molecule has 1 rings (SSSR count). The molecule has 1 aliphatic rings. The van der Waals surface area contributed by atoms with E-state index in [4.69, 9.17) is 18.5 Å². The van der Waals surface area contributed by atoms with E-state index in [2.05, 4.69) is 38.2 Å². The number of esters is 2. The van der Waals surface area contributed by atoms with Gasteiger partial charge in [-0.3, -0.25) is 18.6 Å². The Morgan fingerprint density at radius 1 is 0.456 bits per heavy atom. The Morgan fingerprint density at radius 2 is 0.794 bits per heavy atom. The van der Waals surface area contributed by atoms with Gasteiger partial charge in [-0.1, -0.05) is 218 Å². The largest absolute Gasteiger partial charge is 0.472 e. The molecule has 0 bridgehead atoms. The minimum atomic E-state index is -5.12. The predicted molar refractivity (Wildman–Crippen MR) is 272 cm³/mol. The molecule has 0 radical (unpaired) electrons. The molecule has 0 aromatic carbocycles. The molecule has 400 valence electrons. The molecule has 0 saturated heterocycles. The Kier molecular flexibility index (Phi) is 41.7. The standard InChI is InChI=1S/C54H101O13P/c1-3-5-7-9-11-13-15-17-19-21-23-25-26-28-30-32-34-36-38-40-42-47(55)64-44-46(45-65-68(62,63)67-54-52(60)50(58)49(57)51(59)53(54)61)66-48(56)43-41-39-37-35-33-31-29-27-24-22-20-18-16-14-12-10-8-6-4-2/h12,14,18,20,46,49-54,57-61H,3-11,13,15-17,19,21-45H2,1-2H3,(H,62,63)/b14-12-,20-18-. The summed E-state index contributed by atoms with van der Waals surface area (Å²) in [6, 6.07) is 0. The first-order valence-corrected chi connectivity index (χ1v) is 29.1. The van der Waals surface area contributed by atoms with Crippen molar-refractivity contribution in [1.82, 2.24) is 0 Å². The molecule has 6 N–H and O–H groups in total. The summed E-state index contributed by atoms with van der Waals surface area (Å²) in [4.78, 5) is 35.9. The SMILES string of the molecule is CCCCC/C=C\C/C=C\CCCCCCCCCCCC(=O)OC(COC(=O)CCCCCCCCCCCCCCCCCCCCCC)COP(=O)(O)OC1C(O)C(O)C(O)C(O)C1O. The van der Waals surface area contributed by atoms with Crippen molar-refractivity contribution >= 4 is 19.8 Å². The van der Waals surface area contributed by atoms with Gasteiger partial charge >= 0.3 is 19.8 Å². The van der Waals surface area contributed by atoms with Gasteiger partial charge < -0.3 is 39.9 Å². The average Bonchev–Trinajstić information content (AvgIpc) is 3.32. The fourth-order valence-electron chi connectivity index (χ4n) is 8.61. The molecule has 6 atom stereocenters. The second-order valence-electron chi connectivity index (χ2n) is 19.4. The number of unbranched alkanes of at least 4 members (excludes halogenated alkanes) is 31. The fourth-order valence-corrected chi connectivity index (χ4v) is 9.59. The molecule has 1 saturated carbocycles. The first-order valence-electron chi connectivity index (χ1n) is 27.6. The third-order valence-corrected chi connectivity index (χ3v) is 14.0. The molecule has 1 aliphatic carbocycles. The van der Waals surface area contributed by atoms with E-state index in [1.54, 1.807) is 0 Å². The summed E-state index contributed by atoms with van der Waals surface area (Å²) in [7, 11) is -5.12. The Balaban J connectivity index is 2.35. The first kappa shape index (κ1) is 64.3. The number of aliphatic hydroxyl groups is 5. The van der Waals surface area contributed by atoms with Crippen molar-refractivity contribution in [2.75, 3.05) is 13.2 Å². The monoisotopic (exact) mass is 989 g/mol. The average molecular weight is 989 g/mol. The van der Waals surface area contributed by atoms with Gasteiger partial charge in [-0.15, -0.1) is 0 Å². The quantitative estimate of drug-likeness (QED) is 0.0145. The second kappa shape index (κ2) is 44.1. The number of rotatable bonds is 47. The van der Waals surface area contributed by atoms with E-state index in [-0.39, 0.29) is 12.8 Å². The van der Waals surface area contributed by atoms with Crippen LogP contribution < -0.4 is 0 Å². The highest BCUT2D eigenvalue weighted by Gasteiger charge is 2.51. The van der Waals surface area contributed by atoms with Crippen LogP contribution >= 0.6 is 7.82 Å². The van der Waals surface area contributed by atoms with Gasteiger partial charge in [0.25, 0.3) is 0 Å². The van der Waals surface area contributed by atoms with Crippen LogP contribution in [-0.2, 0) is 32.7 Å². The number of allylic oxidation sites excluding steroid dienone is 4. The van der Waals surface area contributed by atoms with Crippen molar-refractivity contribution in [3.8, 4) is 0 Å². The van der Waals surface area contributed by atoms with Crippen molar-refractivity contribution in [2.45, 2.75) is 294 Å². The minimum absolute atomic E-state index is 0.0951. The van der Waals surface area contributed by atoms with Gasteiger partial charge in [0, 0.05) is 12.8 Å². The molecule has 1 fully saturated rings. The van der Waals surface area contributed by atoms with Crippen molar-refractivity contribution in [3.63, 3.8) is 0 Å². The molecular formula is C54H101O13P. The topological polar surface area (TPSA) is 210 Å². The number of carbonyl (C=O) groups is 2. The zero-order valence-electron chi connectivity index (χ0n) is 42.9. The fraction of sp³-hybridized carbons (Fsp3) is 0.889. The predicted octanol–water partition coefficient (Wildman–Crippen LogP) is 12.3. The molecule has 0 amide bonds. The summed E-state index contributed by atoms with van der Waals surface area (Å²) >= 11 is 0. The van der Waals surface area contributed by atoms with Gasteiger partial charge in [0.2, 0.25) is 0 Å². The third kappa shape index (κ3) is 35.4. The summed E-state index contributed by atoms with van der Waals surface area (Å²) < 4.78 is 33.7. The molecule has 0 aromatic heterocycles. The molecule has 0 spiro atoms. The Hall–Kier alpha value is -1.67. The van der Waals surface area contributed by atoms with Crippen molar-refractivity contribution in [3.05, 3.63) is 24.3 Å². The molecule has 68 heavy (non-hydrogen) atoms. The Labute approximate surface area is 413 Å². The lowest BCUT2D eigenvalue weighted by Gasteiger charge is -2.41. The molecule has 0 heterocycles. The van der Waals surface area contributed by atoms with E-state index in [1.165, 1.54) is 154 Å². The van der Waals surface area contributed by atoms with Gasteiger partial charge in [0.05, 0.1) is 6.61 Å². The highest BCUT2D eigenvalue weighted by atomic mass is 31.2. The van der Waals surface area contributed by atoms with Gasteiger partial charge in [-0.25, -0.2) is 4.57 Å². The van der Waals surface area contributed by atoms with Crippen LogP contribution in [-0.4, -0.2) is 98.3 Å². The number of aliphatic hydroxyl groups excluding tert-OH is 5. The number of phosphoric ester groups is 1. The number of ether oxygens (including phenoxy) is 2. The number of carbonyl (C=O) groups excluding carboxylic acids is 2. The summed E-state index contributed by atoms with van der Waals surface area (Å²) in [6.07, 6.45) is 37.9. The number of hydrogen-bond donors (Lipinski definition) is 6. The normalized spacial score (nSPS) is 21.1. The van der Waals surface area contributed by atoms with Crippen molar-refractivity contribution in [2.24, 2.45) is 0 Å². The Morgan fingerprint density at radius 3 is 1.22 bits per heavy atom. The van der Waals surface area contributed by atoms with E-state index < -0.39 is 75.7 Å². The van der Waals surface area contributed by atoms with E-state index in [1.807, 2.05) is 0 Å². The van der Waals surface area contributed by atoms with Gasteiger partial charge in [-0.2, -0.15) is 0 Å². The maximum Gasteiger partial charge on any atom is 0.472 e. The second-order valence-corrected chi connectivity index (χ2v) is 20.9. The highest BCUT2D eigenvalue weighted by molar-refractivity contribution is 7.47. The Bertz CT molecular complexity index is 1280. The lowest BCUT2D eigenvalue weighted by atomic mass is 9.85. The number of hydrogen-bond acceptors (Lipinski definition) is 12. The summed E-state index contributed by atoms with van der Waals surface area (Å²) in [5, 5.41) is 50.3. The van der Waals surface area contributed by atoms with Crippen LogP contribution in [0.2, 0.25) is 0 Å². The lowest BCUT2D eigenvalue weighted by Crippen LogP contribution is -2.64. The summed E-state index contributed by atoms with van der Waals surface area (Å²) in [5.41, 5.74) is 0. The van der Waals surface area contributed by atoms with Gasteiger partial charge in [0.15, 0.2) is 6.10 Å². The molecular weight excluding hydrogens is 888 g/mol.